The summed E-state index contributed by atoms with van der Waals surface area (Å²) in [5.41, 5.74) is -1.41. The molecule has 204 valence electrons. The van der Waals surface area contributed by atoms with Gasteiger partial charge in [0, 0.05) is 11.3 Å². The Morgan fingerprint density at radius 2 is 1.67 bits per heavy atom. The summed E-state index contributed by atoms with van der Waals surface area (Å²) in [5.74, 6) is -0.0914. The van der Waals surface area contributed by atoms with Gasteiger partial charge in [0.2, 0.25) is 0 Å². The average molecular weight is 505 g/mol. The maximum absolute atomic E-state index is 12.8. The van der Waals surface area contributed by atoms with E-state index in [4.69, 9.17) is 0 Å². The van der Waals surface area contributed by atoms with Crippen LogP contribution in [0, 0.1) is 56.7 Å². The number of aliphatic carboxylic acids is 1. The smallest absolute Gasteiger partial charge is 0.310 e. The third-order valence-corrected chi connectivity index (χ3v) is 13.4. The van der Waals surface area contributed by atoms with Gasteiger partial charge in [0.15, 0.2) is 0 Å². The van der Waals surface area contributed by atoms with Crippen LogP contribution in [0.2, 0.25) is 0 Å². The van der Waals surface area contributed by atoms with Gasteiger partial charge in [-0.1, -0.05) is 53.2 Å². The lowest BCUT2D eigenvalue weighted by Crippen LogP contribution is -2.71. The molecule has 4 saturated carbocycles. The van der Waals surface area contributed by atoms with Gasteiger partial charge >= 0.3 is 5.97 Å². The third kappa shape index (κ3) is 2.96. The van der Waals surface area contributed by atoms with E-state index in [1.54, 1.807) is 0 Å². The van der Waals surface area contributed by atoms with E-state index >= 15 is 0 Å². The molecule has 4 fully saturated rings. The zero-order valence-corrected chi connectivity index (χ0v) is 23.0. The molecule has 36 heavy (non-hydrogen) atoms. The van der Waals surface area contributed by atoms with E-state index < -0.39 is 40.5 Å². The number of carboxylic acid groups (broad SMARTS) is 1. The predicted octanol–water partition coefficient (Wildman–Crippen LogP) is 4.00. The Kier molecular flexibility index (Phi) is 5.95. The number of hydrogen-bond donors (Lipinski definition) is 5. The lowest BCUT2D eigenvalue weighted by atomic mass is 9.32. The molecule has 13 atom stereocenters. The van der Waals surface area contributed by atoms with Crippen molar-refractivity contribution < 1.29 is 30.3 Å². The van der Waals surface area contributed by atoms with E-state index in [0.717, 1.165) is 25.7 Å². The highest BCUT2D eigenvalue weighted by Gasteiger charge is 2.72. The maximum atomic E-state index is 12.8. The molecule has 5 aliphatic carbocycles. The monoisotopic (exact) mass is 504 g/mol. The van der Waals surface area contributed by atoms with E-state index in [9.17, 15) is 30.3 Å². The molecule has 5 rings (SSSR count). The Bertz CT molecular complexity index is 963. The second-order valence-corrected chi connectivity index (χ2v) is 14.6. The Morgan fingerprint density at radius 3 is 2.28 bits per heavy atom. The fourth-order valence-corrected chi connectivity index (χ4v) is 11.2. The number of allylic oxidation sites excluding steroid dienone is 2. The van der Waals surface area contributed by atoms with Crippen LogP contribution in [0.1, 0.15) is 86.5 Å². The molecule has 0 aliphatic heterocycles. The van der Waals surface area contributed by atoms with E-state index in [-0.39, 0.29) is 41.1 Å². The molecular formula is C30H48O6. The first-order valence-corrected chi connectivity index (χ1v) is 14.2. The lowest BCUT2D eigenvalue weighted by Gasteiger charge is -2.72. The van der Waals surface area contributed by atoms with Crippen molar-refractivity contribution in [3.8, 4) is 0 Å². The van der Waals surface area contributed by atoms with Gasteiger partial charge in [-0.25, -0.2) is 0 Å². The molecule has 0 saturated heterocycles. The molecule has 0 aromatic carbocycles. The summed E-state index contributed by atoms with van der Waals surface area (Å²) in [4.78, 5) is 12.8. The molecule has 0 aromatic heterocycles. The average Bonchev–Trinajstić information content (AvgIpc) is 2.80. The van der Waals surface area contributed by atoms with Gasteiger partial charge in [-0.3, -0.25) is 4.79 Å². The van der Waals surface area contributed by atoms with Crippen LogP contribution in [0.15, 0.2) is 11.6 Å². The van der Waals surface area contributed by atoms with Gasteiger partial charge in [-0.2, -0.15) is 0 Å². The Hall–Kier alpha value is -0.950. The highest BCUT2D eigenvalue weighted by Crippen LogP contribution is 2.75. The number of carbonyl (C=O) groups is 1. The van der Waals surface area contributed by atoms with Crippen molar-refractivity contribution in [2.24, 2.45) is 56.7 Å². The normalized spacial score (nSPS) is 58.6. The predicted molar refractivity (Wildman–Crippen MR) is 137 cm³/mol. The highest BCUT2D eigenvalue weighted by atomic mass is 16.4. The quantitative estimate of drug-likeness (QED) is 0.363. The summed E-state index contributed by atoms with van der Waals surface area (Å²) in [5, 5.41) is 54.7. The van der Waals surface area contributed by atoms with E-state index in [1.165, 1.54) is 5.57 Å². The van der Waals surface area contributed by atoms with E-state index in [2.05, 4.69) is 40.7 Å². The summed E-state index contributed by atoms with van der Waals surface area (Å²) in [6.45, 7) is 12.8. The van der Waals surface area contributed by atoms with Crippen molar-refractivity contribution >= 4 is 5.97 Å². The van der Waals surface area contributed by atoms with Crippen LogP contribution in [0.5, 0.6) is 0 Å². The Morgan fingerprint density at radius 1 is 1.00 bits per heavy atom. The minimum atomic E-state index is -1.08. The number of aliphatic hydroxyl groups excluding tert-OH is 4. The number of carboxylic acids is 1. The van der Waals surface area contributed by atoms with Crippen LogP contribution in [0.3, 0.4) is 0 Å². The number of aliphatic hydroxyl groups is 4. The van der Waals surface area contributed by atoms with Crippen LogP contribution >= 0.6 is 0 Å². The van der Waals surface area contributed by atoms with Crippen molar-refractivity contribution in [1.29, 1.82) is 0 Å². The van der Waals surface area contributed by atoms with Crippen molar-refractivity contribution in [2.45, 2.75) is 105 Å². The van der Waals surface area contributed by atoms with Gasteiger partial charge < -0.3 is 25.5 Å². The molecule has 0 radical (unpaired) electrons. The number of fused-ring (bicyclic) bond motifs is 7. The first-order valence-electron chi connectivity index (χ1n) is 14.2. The van der Waals surface area contributed by atoms with Gasteiger partial charge in [0.25, 0.3) is 0 Å². The van der Waals surface area contributed by atoms with Gasteiger partial charge in [0.1, 0.15) is 0 Å². The summed E-state index contributed by atoms with van der Waals surface area (Å²) >= 11 is 0. The van der Waals surface area contributed by atoms with Crippen LogP contribution < -0.4 is 0 Å². The Balaban J connectivity index is 1.65. The van der Waals surface area contributed by atoms with Gasteiger partial charge in [0.05, 0.1) is 30.3 Å². The summed E-state index contributed by atoms with van der Waals surface area (Å²) in [6, 6.07) is 0. The molecule has 0 bridgehead atoms. The molecule has 0 spiro atoms. The zero-order valence-electron chi connectivity index (χ0n) is 23.0. The summed E-state index contributed by atoms with van der Waals surface area (Å²) in [6.07, 6.45) is 4.44. The zero-order chi connectivity index (χ0) is 26.6. The van der Waals surface area contributed by atoms with E-state index in [0.29, 0.717) is 25.2 Å². The second kappa shape index (κ2) is 8.03. The fraction of sp³-hybridized carbons (Fsp3) is 0.900. The highest BCUT2D eigenvalue weighted by molar-refractivity contribution is 5.76. The van der Waals surface area contributed by atoms with Crippen molar-refractivity contribution in [2.75, 3.05) is 6.61 Å². The fourth-order valence-electron chi connectivity index (χ4n) is 11.2. The molecular weight excluding hydrogens is 456 g/mol. The van der Waals surface area contributed by atoms with Crippen molar-refractivity contribution in [3.05, 3.63) is 11.6 Å². The van der Waals surface area contributed by atoms with Crippen LogP contribution in [-0.4, -0.2) is 56.4 Å². The molecule has 6 heteroatoms. The third-order valence-electron chi connectivity index (χ3n) is 13.4. The van der Waals surface area contributed by atoms with Crippen molar-refractivity contribution in [1.82, 2.24) is 0 Å². The maximum Gasteiger partial charge on any atom is 0.310 e. The topological polar surface area (TPSA) is 118 Å². The first kappa shape index (κ1) is 26.6. The van der Waals surface area contributed by atoms with Crippen LogP contribution in [0.25, 0.3) is 0 Å². The standard InChI is InChI=1S/C30H48O6/c1-16-9-10-30(25(35)36)12-11-28(5)18(22(30)17(16)2)7-8-21-26(3)13-20(33)24(34)27(4,15-31)23(26)19(32)14-29(21,28)6/h7,16-17,19-24,31-34H,8-15H2,1-6H3,(H,35,36)/t16?,17?,19-,20-,21-,22?,23-,24+,26-,27?,28-,29-,30-/m1/s1. The molecule has 0 amide bonds. The Labute approximate surface area is 216 Å². The number of hydrogen-bond acceptors (Lipinski definition) is 5. The number of rotatable bonds is 2. The van der Waals surface area contributed by atoms with Crippen molar-refractivity contribution in [3.63, 3.8) is 0 Å². The molecule has 4 unspecified atom stereocenters. The van der Waals surface area contributed by atoms with Crippen LogP contribution in [-0.2, 0) is 4.79 Å². The lowest BCUT2D eigenvalue weighted by molar-refractivity contribution is -0.273. The second-order valence-electron chi connectivity index (χ2n) is 14.6. The molecule has 6 nitrogen and oxygen atoms in total. The molecule has 5 N–H and O–H groups in total. The molecule has 5 aliphatic rings. The van der Waals surface area contributed by atoms with Gasteiger partial charge in [-0.15, -0.1) is 0 Å². The van der Waals surface area contributed by atoms with Crippen LogP contribution in [0.4, 0.5) is 0 Å². The largest absolute Gasteiger partial charge is 0.481 e. The summed E-state index contributed by atoms with van der Waals surface area (Å²) in [7, 11) is 0. The first-order chi connectivity index (χ1) is 16.6. The molecule has 0 aromatic rings. The SMILES string of the molecule is CC1CC[C@@]2(C(=O)O)CC[C@]3(C)C(=CC[C@@H]4[C@@]5(C)C[C@@H](O)[C@H](O)C(C)(CO)[C@@H]5[C@H](O)C[C@]43C)C2C1C. The summed E-state index contributed by atoms with van der Waals surface area (Å²) < 4.78 is 0. The van der Waals surface area contributed by atoms with Gasteiger partial charge in [-0.05, 0) is 84.9 Å². The minimum absolute atomic E-state index is 0.000534. The minimum Gasteiger partial charge on any atom is -0.481 e. The molecule has 0 heterocycles. The van der Waals surface area contributed by atoms with E-state index in [1.807, 2.05) is 6.92 Å².